The maximum atomic E-state index is 13.1. The topological polar surface area (TPSA) is 32.3 Å². The van der Waals surface area contributed by atoms with Crippen molar-refractivity contribution < 1.29 is 4.79 Å². The molecular weight excluding hydrogens is 344 g/mol. The molecule has 28 heavy (non-hydrogen) atoms. The highest BCUT2D eigenvalue weighted by molar-refractivity contribution is 5.74. The molecule has 2 aromatic rings. The lowest BCUT2D eigenvalue weighted by Gasteiger charge is -2.34. The van der Waals surface area contributed by atoms with Gasteiger partial charge in [0.05, 0.1) is 0 Å². The van der Waals surface area contributed by atoms with E-state index in [1.165, 1.54) is 30.4 Å². The van der Waals surface area contributed by atoms with Gasteiger partial charge in [0.15, 0.2) is 0 Å². The van der Waals surface area contributed by atoms with Crippen LogP contribution >= 0.6 is 0 Å². The van der Waals surface area contributed by atoms with Gasteiger partial charge < -0.3 is 10.2 Å². The number of nitrogens with one attached hydrogen (secondary N) is 1. The van der Waals surface area contributed by atoms with Gasteiger partial charge in [0.1, 0.15) is 0 Å². The Labute approximate surface area is 170 Å². The van der Waals surface area contributed by atoms with Crippen LogP contribution in [0.25, 0.3) is 0 Å². The molecule has 3 nitrogen and oxygen atoms in total. The van der Waals surface area contributed by atoms with Crippen molar-refractivity contribution in [3.63, 3.8) is 0 Å². The summed E-state index contributed by atoms with van der Waals surface area (Å²) in [6, 6.07) is 19.3. The van der Waals surface area contributed by atoms with Crippen molar-refractivity contribution in [3.8, 4) is 0 Å². The Bertz CT molecular complexity index is 740. The average molecular weight is 379 g/mol. The van der Waals surface area contributed by atoms with Crippen molar-refractivity contribution in [2.75, 3.05) is 0 Å². The molecule has 0 bridgehead atoms. The zero-order valence-electron chi connectivity index (χ0n) is 17.6. The van der Waals surface area contributed by atoms with Crippen LogP contribution in [0.3, 0.4) is 0 Å². The predicted octanol–water partition coefficient (Wildman–Crippen LogP) is 6.03. The number of carbonyl (C=O) groups excluding carboxylic acids is 1. The fourth-order valence-electron chi connectivity index (χ4n) is 3.94. The van der Waals surface area contributed by atoms with Gasteiger partial charge in [-0.05, 0) is 34.9 Å². The highest BCUT2D eigenvalue weighted by atomic mass is 16.2. The van der Waals surface area contributed by atoms with Gasteiger partial charge in [-0.1, -0.05) is 94.6 Å². The first-order chi connectivity index (χ1) is 13.4. The molecule has 2 amide bonds. The standard InChI is InChI=1S/C25H34N2O/c1-25(2,3)22-16-14-21(15-17-22)19-27(23-12-8-5-9-13-23)24(28)26-18-20-10-6-4-7-11-20/h4,6-7,10-11,14-17,23H,5,8-9,12-13,18-19H2,1-3H3,(H,26,28). The highest BCUT2D eigenvalue weighted by Gasteiger charge is 2.25. The largest absolute Gasteiger partial charge is 0.334 e. The number of nitrogens with zero attached hydrogens (tertiary/aromatic N) is 1. The lowest BCUT2D eigenvalue weighted by Crippen LogP contribution is -2.46. The summed E-state index contributed by atoms with van der Waals surface area (Å²) in [7, 11) is 0. The minimum Gasteiger partial charge on any atom is -0.334 e. The minimum absolute atomic E-state index is 0.0515. The van der Waals surface area contributed by atoms with E-state index in [1.54, 1.807) is 0 Å². The number of hydrogen-bond acceptors (Lipinski definition) is 1. The summed E-state index contributed by atoms with van der Waals surface area (Å²) in [6.45, 7) is 7.94. The Morgan fingerprint density at radius 1 is 0.929 bits per heavy atom. The number of benzene rings is 2. The van der Waals surface area contributed by atoms with E-state index in [0.717, 1.165) is 18.4 Å². The molecule has 0 aromatic heterocycles. The molecule has 0 atom stereocenters. The Hall–Kier alpha value is -2.29. The molecule has 1 fully saturated rings. The summed E-state index contributed by atoms with van der Waals surface area (Å²) >= 11 is 0. The second kappa shape index (κ2) is 9.27. The lowest BCUT2D eigenvalue weighted by molar-refractivity contribution is 0.150. The molecule has 3 heteroatoms. The molecular formula is C25H34N2O. The van der Waals surface area contributed by atoms with Gasteiger partial charge in [-0.2, -0.15) is 0 Å². The average Bonchev–Trinajstić information content (AvgIpc) is 2.71. The van der Waals surface area contributed by atoms with E-state index in [2.05, 4.69) is 67.4 Å². The van der Waals surface area contributed by atoms with Crippen LogP contribution in [0.15, 0.2) is 54.6 Å². The summed E-state index contributed by atoms with van der Waals surface area (Å²) in [4.78, 5) is 15.1. The maximum Gasteiger partial charge on any atom is 0.318 e. The SMILES string of the molecule is CC(C)(C)c1ccc(CN(C(=O)NCc2ccccc2)C2CCCCC2)cc1. The number of hydrogen-bond donors (Lipinski definition) is 1. The van der Waals surface area contributed by atoms with Gasteiger partial charge in [0.25, 0.3) is 0 Å². The zero-order chi connectivity index (χ0) is 20.0. The van der Waals surface area contributed by atoms with E-state index in [-0.39, 0.29) is 11.4 Å². The first-order valence-corrected chi connectivity index (χ1v) is 10.6. The second-order valence-electron chi connectivity index (χ2n) is 9.01. The third-order valence-corrected chi connectivity index (χ3v) is 5.74. The van der Waals surface area contributed by atoms with E-state index >= 15 is 0 Å². The lowest BCUT2D eigenvalue weighted by atomic mass is 9.86. The molecule has 1 aliphatic rings. The van der Waals surface area contributed by atoms with E-state index in [1.807, 2.05) is 18.2 Å². The number of amides is 2. The normalized spacial score (nSPS) is 15.2. The molecule has 0 radical (unpaired) electrons. The third kappa shape index (κ3) is 5.60. The highest BCUT2D eigenvalue weighted by Crippen LogP contribution is 2.26. The van der Waals surface area contributed by atoms with Gasteiger partial charge in [0, 0.05) is 19.1 Å². The fourth-order valence-corrected chi connectivity index (χ4v) is 3.94. The Morgan fingerprint density at radius 2 is 1.57 bits per heavy atom. The predicted molar refractivity (Wildman–Crippen MR) is 116 cm³/mol. The van der Waals surface area contributed by atoms with Crippen LogP contribution in [0.2, 0.25) is 0 Å². The molecule has 1 N–H and O–H groups in total. The Balaban J connectivity index is 1.70. The van der Waals surface area contributed by atoms with Crippen molar-refractivity contribution in [2.45, 2.75) is 77.4 Å². The van der Waals surface area contributed by atoms with Crippen molar-refractivity contribution in [2.24, 2.45) is 0 Å². The number of carbonyl (C=O) groups is 1. The molecule has 3 rings (SSSR count). The summed E-state index contributed by atoms with van der Waals surface area (Å²) in [5.41, 5.74) is 3.81. The third-order valence-electron chi connectivity index (χ3n) is 5.74. The van der Waals surface area contributed by atoms with Crippen LogP contribution in [0.4, 0.5) is 4.79 Å². The van der Waals surface area contributed by atoms with Crippen LogP contribution in [0.5, 0.6) is 0 Å². The number of rotatable bonds is 5. The van der Waals surface area contributed by atoms with E-state index in [9.17, 15) is 4.79 Å². The van der Waals surface area contributed by atoms with Crippen molar-refractivity contribution >= 4 is 6.03 Å². The summed E-state index contributed by atoms with van der Waals surface area (Å²) < 4.78 is 0. The van der Waals surface area contributed by atoms with Crippen molar-refractivity contribution in [3.05, 3.63) is 71.3 Å². The molecule has 0 heterocycles. The fraction of sp³-hybridized carbons (Fsp3) is 0.480. The van der Waals surface area contributed by atoms with Gasteiger partial charge in [-0.25, -0.2) is 4.79 Å². The van der Waals surface area contributed by atoms with Gasteiger partial charge in [-0.3, -0.25) is 0 Å². The second-order valence-corrected chi connectivity index (χ2v) is 9.01. The van der Waals surface area contributed by atoms with Gasteiger partial charge in [0.2, 0.25) is 0 Å². The Kier molecular flexibility index (Phi) is 6.77. The molecule has 2 aromatic carbocycles. The van der Waals surface area contributed by atoms with E-state index in [4.69, 9.17) is 0 Å². The smallest absolute Gasteiger partial charge is 0.318 e. The summed E-state index contributed by atoms with van der Waals surface area (Å²) in [5, 5.41) is 3.14. The van der Waals surface area contributed by atoms with Crippen LogP contribution < -0.4 is 5.32 Å². The summed E-state index contributed by atoms with van der Waals surface area (Å²) in [6.07, 6.45) is 5.94. The first kappa shape index (κ1) is 20.4. The van der Waals surface area contributed by atoms with Crippen LogP contribution in [-0.2, 0) is 18.5 Å². The van der Waals surface area contributed by atoms with Gasteiger partial charge >= 0.3 is 6.03 Å². The minimum atomic E-state index is 0.0515. The Morgan fingerprint density at radius 3 is 2.18 bits per heavy atom. The monoisotopic (exact) mass is 378 g/mol. The number of urea groups is 1. The van der Waals surface area contributed by atoms with Crippen LogP contribution in [0, 0.1) is 0 Å². The van der Waals surface area contributed by atoms with Crippen molar-refractivity contribution in [1.82, 2.24) is 10.2 Å². The molecule has 0 unspecified atom stereocenters. The van der Waals surface area contributed by atoms with Gasteiger partial charge in [-0.15, -0.1) is 0 Å². The molecule has 0 aliphatic heterocycles. The molecule has 1 aliphatic carbocycles. The molecule has 150 valence electrons. The quantitative estimate of drug-likeness (QED) is 0.677. The zero-order valence-corrected chi connectivity index (χ0v) is 17.6. The van der Waals surface area contributed by atoms with E-state index in [0.29, 0.717) is 19.1 Å². The van der Waals surface area contributed by atoms with E-state index < -0.39 is 0 Å². The first-order valence-electron chi connectivity index (χ1n) is 10.6. The van der Waals surface area contributed by atoms with Crippen molar-refractivity contribution in [1.29, 1.82) is 0 Å². The van der Waals surface area contributed by atoms with Crippen LogP contribution in [-0.4, -0.2) is 17.0 Å². The summed E-state index contributed by atoms with van der Waals surface area (Å²) in [5.74, 6) is 0. The maximum absolute atomic E-state index is 13.1. The molecule has 0 spiro atoms. The molecule has 0 saturated heterocycles. The van der Waals surface area contributed by atoms with Crippen LogP contribution in [0.1, 0.15) is 69.6 Å². The molecule has 1 saturated carbocycles.